The molecule has 0 saturated carbocycles. The normalized spacial score (nSPS) is 11.2. The number of nitrogens with one attached hydrogen (secondary N) is 1. The second-order valence-corrected chi connectivity index (χ2v) is 8.74. The third kappa shape index (κ3) is 5.40. The number of aromatic nitrogens is 1. The second kappa shape index (κ2) is 9.94. The van der Waals surface area contributed by atoms with Crippen molar-refractivity contribution in [3.8, 4) is 5.69 Å². The number of aryl methyl sites for hydroxylation is 1. The van der Waals surface area contributed by atoms with Crippen LogP contribution in [-0.4, -0.2) is 22.4 Å². The highest BCUT2D eigenvalue weighted by atomic mass is 79.9. The maximum Gasteiger partial charge on any atom is 0.240 e. The van der Waals surface area contributed by atoms with E-state index in [0.29, 0.717) is 6.42 Å². The number of hydrogen-bond acceptors (Lipinski definition) is 3. The number of thioether (sulfide) groups is 1. The van der Waals surface area contributed by atoms with Crippen LogP contribution in [0.1, 0.15) is 28.9 Å². The van der Waals surface area contributed by atoms with Crippen LogP contribution < -0.4 is 5.43 Å². The molecule has 150 valence electrons. The highest BCUT2D eigenvalue weighted by Crippen LogP contribution is 2.29. The van der Waals surface area contributed by atoms with Gasteiger partial charge in [-0.2, -0.15) is 5.10 Å². The van der Waals surface area contributed by atoms with Gasteiger partial charge in [0.2, 0.25) is 5.91 Å². The van der Waals surface area contributed by atoms with Gasteiger partial charge < -0.3 is 4.57 Å². The Morgan fingerprint density at radius 2 is 1.86 bits per heavy atom. The van der Waals surface area contributed by atoms with Crippen molar-refractivity contribution >= 4 is 39.8 Å². The number of nitrogens with zero attached hydrogens (tertiary/aromatic N) is 2. The van der Waals surface area contributed by atoms with E-state index in [1.165, 1.54) is 5.56 Å². The first-order valence-electron chi connectivity index (χ1n) is 9.41. The number of amides is 1. The third-order valence-corrected chi connectivity index (χ3v) is 6.61. The molecule has 1 amide bonds. The Labute approximate surface area is 184 Å². The zero-order valence-corrected chi connectivity index (χ0v) is 19.2. The molecule has 2 aromatic carbocycles. The van der Waals surface area contributed by atoms with Crippen LogP contribution in [0.25, 0.3) is 5.69 Å². The van der Waals surface area contributed by atoms with Gasteiger partial charge in [-0.15, -0.1) is 11.8 Å². The monoisotopic (exact) mass is 469 g/mol. The quantitative estimate of drug-likeness (QED) is 0.270. The molecule has 0 bridgehead atoms. The Hall–Kier alpha value is -2.31. The lowest BCUT2D eigenvalue weighted by molar-refractivity contribution is -0.120. The van der Waals surface area contributed by atoms with Crippen LogP contribution in [-0.2, 0) is 4.79 Å². The van der Waals surface area contributed by atoms with Crippen molar-refractivity contribution in [3.05, 3.63) is 81.6 Å². The van der Waals surface area contributed by atoms with Crippen LogP contribution in [0.5, 0.6) is 0 Å². The lowest BCUT2D eigenvalue weighted by Crippen LogP contribution is -2.17. The first-order valence-corrected chi connectivity index (χ1v) is 11.2. The molecular weight excluding hydrogens is 446 g/mol. The van der Waals surface area contributed by atoms with E-state index in [0.717, 1.165) is 37.8 Å². The number of carbonyl (C=O) groups excluding carboxylic acids is 1. The van der Waals surface area contributed by atoms with Crippen LogP contribution in [0, 0.1) is 20.8 Å². The molecule has 1 aromatic heterocycles. The smallest absolute Gasteiger partial charge is 0.240 e. The number of hydrazone groups is 1. The lowest BCUT2D eigenvalue weighted by atomic mass is 10.2. The van der Waals surface area contributed by atoms with Gasteiger partial charge in [0.15, 0.2) is 0 Å². The summed E-state index contributed by atoms with van der Waals surface area (Å²) in [6.45, 7) is 6.20. The van der Waals surface area contributed by atoms with Gasteiger partial charge in [0.05, 0.1) is 6.21 Å². The molecule has 0 aliphatic heterocycles. The Balaban J connectivity index is 1.63. The van der Waals surface area contributed by atoms with Gasteiger partial charge in [0.1, 0.15) is 0 Å². The summed E-state index contributed by atoms with van der Waals surface area (Å²) in [5.41, 5.74) is 8.09. The number of carbonyl (C=O) groups is 1. The SMILES string of the molecule is Cc1cccc(-n2c(C)c(Br)c(/C=N\NC(=O)CCSc3ccccc3)c2C)c1. The molecule has 0 aliphatic carbocycles. The Bertz CT molecular complexity index is 1030. The molecule has 1 N–H and O–H groups in total. The van der Waals surface area contributed by atoms with Crippen molar-refractivity contribution in [1.82, 2.24) is 9.99 Å². The predicted octanol–water partition coefficient (Wildman–Crippen LogP) is 5.80. The van der Waals surface area contributed by atoms with Crippen molar-refractivity contribution in [3.63, 3.8) is 0 Å². The topological polar surface area (TPSA) is 46.4 Å². The molecule has 29 heavy (non-hydrogen) atoms. The summed E-state index contributed by atoms with van der Waals surface area (Å²) in [5.74, 6) is 0.630. The average Bonchev–Trinajstić information content (AvgIpc) is 2.92. The molecule has 0 atom stereocenters. The van der Waals surface area contributed by atoms with E-state index in [9.17, 15) is 4.79 Å². The average molecular weight is 470 g/mol. The minimum absolute atomic E-state index is 0.0895. The summed E-state index contributed by atoms with van der Waals surface area (Å²) in [5, 5.41) is 4.18. The molecule has 3 aromatic rings. The van der Waals surface area contributed by atoms with Crippen molar-refractivity contribution in [2.75, 3.05) is 5.75 Å². The largest absolute Gasteiger partial charge is 0.317 e. The molecule has 0 fully saturated rings. The standard InChI is InChI=1S/C23H24BrN3OS/c1-16-8-7-9-19(14-16)27-17(2)21(23(24)18(27)3)15-25-26-22(28)12-13-29-20-10-5-4-6-11-20/h4-11,14-15H,12-13H2,1-3H3,(H,26,28)/b25-15-. The summed E-state index contributed by atoms with van der Waals surface area (Å²) in [6.07, 6.45) is 2.13. The zero-order chi connectivity index (χ0) is 20.8. The highest BCUT2D eigenvalue weighted by molar-refractivity contribution is 9.10. The summed E-state index contributed by atoms with van der Waals surface area (Å²) >= 11 is 5.34. The molecule has 1 heterocycles. The van der Waals surface area contributed by atoms with Gasteiger partial charge >= 0.3 is 0 Å². The van der Waals surface area contributed by atoms with Gasteiger partial charge in [0, 0.05) is 44.2 Å². The zero-order valence-electron chi connectivity index (χ0n) is 16.8. The van der Waals surface area contributed by atoms with Gasteiger partial charge in [-0.1, -0.05) is 30.3 Å². The van der Waals surface area contributed by atoms with Crippen molar-refractivity contribution in [2.45, 2.75) is 32.1 Å². The van der Waals surface area contributed by atoms with E-state index >= 15 is 0 Å². The maximum atomic E-state index is 12.1. The summed E-state index contributed by atoms with van der Waals surface area (Å²) in [6, 6.07) is 18.4. The van der Waals surface area contributed by atoms with Crippen LogP contribution in [0.2, 0.25) is 0 Å². The predicted molar refractivity (Wildman–Crippen MR) is 125 cm³/mol. The first kappa shape index (κ1) is 21.4. The van der Waals surface area contributed by atoms with Gasteiger partial charge in [-0.3, -0.25) is 4.79 Å². The Morgan fingerprint density at radius 3 is 2.59 bits per heavy atom. The Morgan fingerprint density at radius 1 is 1.10 bits per heavy atom. The van der Waals surface area contributed by atoms with Crippen LogP contribution >= 0.6 is 27.7 Å². The molecule has 4 nitrogen and oxygen atoms in total. The van der Waals surface area contributed by atoms with E-state index in [1.807, 2.05) is 30.3 Å². The molecule has 0 saturated heterocycles. The third-order valence-electron chi connectivity index (χ3n) is 4.60. The van der Waals surface area contributed by atoms with E-state index in [4.69, 9.17) is 0 Å². The van der Waals surface area contributed by atoms with Crippen molar-refractivity contribution in [1.29, 1.82) is 0 Å². The second-order valence-electron chi connectivity index (χ2n) is 6.78. The molecule has 6 heteroatoms. The summed E-state index contributed by atoms with van der Waals surface area (Å²) in [7, 11) is 0. The van der Waals surface area contributed by atoms with Gasteiger partial charge in [0.25, 0.3) is 0 Å². The fourth-order valence-corrected chi connectivity index (χ4v) is 4.57. The van der Waals surface area contributed by atoms with Gasteiger partial charge in [-0.05, 0) is 66.5 Å². The number of hydrogen-bond donors (Lipinski definition) is 1. The highest BCUT2D eigenvalue weighted by Gasteiger charge is 2.15. The van der Waals surface area contributed by atoms with Crippen molar-refractivity contribution in [2.24, 2.45) is 5.10 Å². The molecule has 0 radical (unpaired) electrons. The molecule has 0 unspecified atom stereocenters. The van der Waals surface area contributed by atoms with E-state index in [1.54, 1.807) is 18.0 Å². The van der Waals surface area contributed by atoms with Crippen LogP contribution in [0.3, 0.4) is 0 Å². The minimum Gasteiger partial charge on any atom is -0.317 e. The van der Waals surface area contributed by atoms with E-state index in [-0.39, 0.29) is 5.91 Å². The van der Waals surface area contributed by atoms with Gasteiger partial charge in [-0.25, -0.2) is 5.43 Å². The van der Waals surface area contributed by atoms with Crippen molar-refractivity contribution < 1.29 is 4.79 Å². The van der Waals surface area contributed by atoms with Crippen LogP contribution in [0.4, 0.5) is 0 Å². The van der Waals surface area contributed by atoms with Crippen LogP contribution in [0.15, 0.2) is 69.1 Å². The fraction of sp³-hybridized carbons (Fsp3) is 0.217. The maximum absolute atomic E-state index is 12.1. The molecular formula is C23H24BrN3OS. The Kier molecular flexibility index (Phi) is 7.34. The number of benzene rings is 2. The lowest BCUT2D eigenvalue weighted by Gasteiger charge is -2.10. The number of rotatable bonds is 7. The molecule has 0 spiro atoms. The summed E-state index contributed by atoms with van der Waals surface area (Å²) in [4.78, 5) is 13.2. The molecule has 3 rings (SSSR count). The summed E-state index contributed by atoms with van der Waals surface area (Å²) < 4.78 is 3.17. The van der Waals surface area contributed by atoms with E-state index < -0.39 is 0 Å². The minimum atomic E-state index is -0.0895. The first-order chi connectivity index (χ1) is 14.0. The fourth-order valence-electron chi connectivity index (χ4n) is 3.13. The van der Waals surface area contributed by atoms with E-state index in [2.05, 4.69) is 76.1 Å². The molecule has 0 aliphatic rings. The number of halogens is 1.